The Hall–Kier alpha value is -0.980. The van der Waals surface area contributed by atoms with E-state index in [0.29, 0.717) is 11.3 Å². The van der Waals surface area contributed by atoms with Crippen LogP contribution in [0.3, 0.4) is 0 Å². The molecule has 1 aromatic heterocycles. The second kappa shape index (κ2) is 7.15. The summed E-state index contributed by atoms with van der Waals surface area (Å²) in [4.78, 5) is 5.00. The highest BCUT2D eigenvalue weighted by molar-refractivity contribution is 8.01. The normalized spacial score (nSPS) is 12.6. The number of nitrogens with two attached hydrogens (primary N) is 1. The van der Waals surface area contributed by atoms with Crippen molar-refractivity contribution in [3.63, 3.8) is 0 Å². The third-order valence-corrected chi connectivity index (χ3v) is 4.96. The summed E-state index contributed by atoms with van der Waals surface area (Å²) in [6, 6.07) is 5.19. The number of aryl methyl sites for hydroxylation is 1. The van der Waals surface area contributed by atoms with Crippen molar-refractivity contribution in [3.05, 3.63) is 35.4 Å². The first-order valence-electron chi connectivity index (χ1n) is 6.67. The van der Waals surface area contributed by atoms with Crippen molar-refractivity contribution in [1.82, 2.24) is 9.36 Å². The second-order valence-corrected chi connectivity index (χ2v) is 6.54. The molecule has 0 spiro atoms. The van der Waals surface area contributed by atoms with Crippen molar-refractivity contribution < 1.29 is 4.39 Å². The van der Waals surface area contributed by atoms with Crippen LogP contribution < -0.4 is 5.73 Å². The predicted molar refractivity (Wildman–Crippen MR) is 81.8 cm³/mol. The Morgan fingerprint density at radius 1 is 1.40 bits per heavy atom. The van der Waals surface area contributed by atoms with Crippen LogP contribution in [0.25, 0.3) is 0 Å². The number of aromatic nitrogens is 2. The smallest absolute Gasteiger partial charge is 0.174 e. The van der Waals surface area contributed by atoms with Crippen molar-refractivity contribution in [1.29, 1.82) is 0 Å². The van der Waals surface area contributed by atoms with Gasteiger partial charge in [0, 0.05) is 12.5 Å². The highest BCUT2D eigenvalue weighted by Crippen LogP contribution is 2.34. The van der Waals surface area contributed by atoms with Crippen LogP contribution in [0.4, 0.5) is 4.39 Å². The first kappa shape index (κ1) is 15.4. The van der Waals surface area contributed by atoms with E-state index < -0.39 is 0 Å². The lowest BCUT2D eigenvalue weighted by Crippen LogP contribution is -2.21. The summed E-state index contributed by atoms with van der Waals surface area (Å²) in [6.07, 6.45) is 2.34. The molecular weight excluding hydrogens is 293 g/mol. The van der Waals surface area contributed by atoms with Crippen LogP contribution in [-0.2, 0) is 12.8 Å². The number of hydrogen-bond donors (Lipinski definition) is 1. The monoisotopic (exact) mass is 311 g/mol. The second-order valence-electron chi connectivity index (χ2n) is 4.53. The van der Waals surface area contributed by atoms with Gasteiger partial charge in [-0.15, -0.1) is 0 Å². The van der Waals surface area contributed by atoms with Gasteiger partial charge in [-0.2, -0.15) is 4.37 Å². The van der Waals surface area contributed by atoms with E-state index in [1.54, 1.807) is 6.07 Å². The van der Waals surface area contributed by atoms with Crippen LogP contribution in [0.1, 0.15) is 31.7 Å². The van der Waals surface area contributed by atoms with Gasteiger partial charge in [0.2, 0.25) is 0 Å². The van der Waals surface area contributed by atoms with Gasteiger partial charge in [0.25, 0.3) is 0 Å². The van der Waals surface area contributed by atoms with Gasteiger partial charge in [-0.3, -0.25) is 0 Å². The quantitative estimate of drug-likeness (QED) is 0.884. The molecule has 1 unspecified atom stereocenters. The largest absolute Gasteiger partial charge is 0.327 e. The lowest BCUT2D eigenvalue weighted by atomic mass is 10.0. The molecule has 6 heteroatoms. The molecule has 20 heavy (non-hydrogen) atoms. The van der Waals surface area contributed by atoms with E-state index in [4.69, 9.17) is 5.73 Å². The number of halogens is 1. The SMILES string of the molecule is CCc1nsc(Sc2c(F)cccc2CC(N)CC)n1. The van der Waals surface area contributed by atoms with Crippen LogP contribution in [0.5, 0.6) is 0 Å². The first-order chi connectivity index (χ1) is 9.63. The molecule has 0 saturated heterocycles. The molecule has 1 aromatic carbocycles. The Balaban J connectivity index is 2.25. The molecule has 1 atom stereocenters. The highest BCUT2D eigenvalue weighted by Gasteiger charge is 2.14. The lowest BCUT2D eigenvalue weighted by Gasteiger charge is -2.12. The predicted octanol–water partition coefficient (Wildman–Crippen LogP) is 3.67. The zero-order chi connectivity index (χ0) is 14.5. The van der Waals surface area contributed by atoms with E-state index in [1.165, 1.54) is 29.4 Å². The van der Waals surface area contributed by atoms with Gasteiger partial charge in [-0.25, -0.2) is 9.37 Å². The van der Waals surface area contributed by atoms with Crippen LogP contribution in [0.15, 0.2) is 27.4 Å². The van der Waals surface area contributed by atoms with Crippen LogP contribution >= 0.6 is 23.3 Å². The van der Waals surface area contributed by atoms with Gasteiger partial charge < -0.3 is 5.73 Å². The average molecular weight is 311 g/mol. The Kier molecular flexibility index (Phi) is 5.51. The molecule has 2 rings (SSSR count). The van der Waals surface area contributed by atoms with E-state index in [-0.39, 0.29) is 11.9 Å². The maximum absolute atomic E-state index is 14.1. The Morgan fingerprint density at radius 3 is 2.85 bits per heavy atom. The molecule has 2 N–H and O–H groups in total. The van der Waals surface area contributed by atoms with Gasteiger partial charge >= 0.3 is 0 Å². The van der Waals surface area contributed by atoms with E-state index in [1.807, 2.05) is 19.9 Å². The maximum Gasteiger partial charge on any atom is 0.174 e. The van der Waals surface area contributed by atoms with Crippen molar-refractivity contribution in [3.8, 4) is 0 Å². The van der Waals surface area contributed by atoms with Crippen molar-refractivity contribution in [2.24, 2.45) is 5.73 Å². The van der Waals surface area contributed by atoms with Gasteiger partial charge in [-0.05, 0) is 36.0 Å². The molecule has 108 valence electrons. The van der Waals surface area contributed by atoms with Crippen molar-refractivity contribution in [2.45, 2.75) is 48.4 Å². The van der Waals surface area contributed by atoms with Crippen LogP contribution in [0, 0.1) is 5.82 Å². The number of nitrogens with zero attached hydrogens (tertiary/aromatic N) is 2. The third kappa shape index (κ3) is 3.77. The summed E-state index contributed by atoms with van der Waals surface area (Å²) in [5.74, 6) is 0.588. The standard InChI is InChI=1S/C14H18FN3S2/c1-3-10(16)8-9-6-5-7-11(15)13(9)19-14-17-12(4-2)18-20-14/h5-7,10H,3-4,8,16H2,1-2H3. The molecule has 0 aliphatic heterocycles. The molecule has 2 aromatic rings. The van der Waals surface area contributed by atoms with Crippen LogP contribution in [-0.4, -0.2) is 15.4 Å². The van der Waals surface area contributed by atoms with Gasteiger partial charge in [0.1, 0.15) is 11.6 Å². The fourth-order valence-electron chi connectivity index (χ4n) is 1.77. The molecule has 0 aliphatic carbocycles. The summed E-state index contributed by atoms with van der Waals surface area (Å²) in [5, 5.41) is 0. The fourth-order valence-corrected chi connectivity index (χ4v) is 3.55. The van der Waals surface area contributed by atoms with Crippen LogP contribution in [0.2, 0.25) is 0 Å². The number of benzene rings is 1. The van der Waals surface area contributed by atoms with Crippen molar-refractivity contribution in [2.75, 3.05) is 0 Å². The van der Waals surface area contributed by atoms with Gasteiger partial charge in [0.15, 0.2) is 4.34 Å². The van der Waals surface area contributed by atoms with E-state index in [9.17, 15) is 4.39 Å². The topological polar surface area (TPSA) is 51.8 Å². The summed E-state index contributed by atoms with van der Waals surface area (Å²) in [6.45, 7) is 4.04. The minimum Gasteiger partial charge on any atom is -0.327 e. The summed E-state index contributed by atoms with van der Waals surface area (Å²) in [7, 11) is 0. The summed E-state index contributed by atoms with van der Waals surface area (Å²) >= 11 is 2.66. The van der Waals surface area contributed by atoms with Crippen molar-refractivity contribution >= 4 is 23.3 Å². The number of hydrogen-bond acceptors (Lipinski definition) is 5. The van der Waals surface area contributed by atoms with Gasteiger partial charge in [-0.1, -0.05) is 37.7 Å². The lowest BCUT2D eigenvalue weighted by molar-refractivity contribution is 0.585. The molecule has 0 aliphatic rings. The van der Waals surface area contributed by atoms with E-state index in [2.05, 4.69) is 9.36 Å². The zero-order valence-electron chi connectivity index (χ0n) is 11.6. The average Bonchev–Trinajstić information content (AvgIpc) is 2.90. The first-order valence-corrected chi connectivity index (χ1v) is 8.26. The minimum absolute atomic E-state index is 0.0526. The molecule has 0 amide bonds. The Labute approximate surface area is 127 Å². The summed E-state index contributed by atoms with van der Waals surface area (Å²) in [5.41, 5.74) is 6.93. The Bertz CT molecular complexity index is 571. The Morgan fingerprint density at radius 2 is 2.20 bits per heavy atom. The molecule has 0 saturated carbocycles. The van der Waals surface area contributed by atoms with Gasteiger partial charge in [0.05, 0.1) is 4.90 Å². The highest BCUT2D eigenvalue weighted by atomic mass is 32.2. The molecular formula is C14H18FN3S2. The molecule has 0 radical (unpaired) electrons. The maximum atomic E-state index is 14.1. The molecule has 0 bridgehead atoms. The molecule has 3 nitrogen and oxygen atoms in total. The van der Waals surface area contributed by atoms with E-state index >= 15 is 0 Å². The third-order valence-electron chi connectivity index (χ3n) is 3.01. The number of rotatable bonds is 6. The summed E-state index contributed by atoms with van der Waals surface area (Å²) < 4.78 is 19.1. The fraction of sp³-hybridized carbons (Fsp3) is 0.429. The minimum atomic E-state index is -0.218. The van der Waals surface area contributed by atoms with E-state index in [0.717, 1.165) is 28.6 Å². The molecule has 1 heterocycles. The zero-order valence-corrected chi connectivity index (χ0v) is 13.2. The molecule has 0 fully saturated rings.